The lowest BCUT2D eigenvalue weighted by Crippen LogP contribution is -2.14. The third kappa shape index (κ3) is 2.46. The standard InChI is InChI=1S/C15H21N3/c1-4-11-18-15(9-10-17-18)14-8-6-5-7-13(14)12(2)16-3/h5-10,12,16H,4,11H2,1-3H3. The van der Waals surface area contributed by atoms with Crippen molar-refractivity contribution < 1.29 is 0 Å². The number of nitrogens with zero attached hydrogens (tertiary/aromatic N) is 2. The maximum absolute atomic E-state index is 4.40. The summed E-state index contributed by atoms with van der Waals surface area (Å²) in [5.41, 5.74) is 3.79. The van der Waals surface area contributed by atoms with Gasteiger partial charge in [-0.3, -0.25) is 4.68 Å². The number of aryl methyl sites for hydroxylation is 1. The zero-order valence-electron chi connectivity index (χ0n) is 11.4. The van der Waals surface area contributed by atoms with Gasteiger partial charge in [0.15, 0.2) is 0 Å². The molecule has 2 rings (SSSR count). The van der Waals surface area contributed by atoms with Gasteiger partial charge in [0.1, 0.15) is 0 Å². The number of hydrogen-bond acceptors (Lipinski definition) is 2. The Morgan fingerprint density at radius 3 is 2.78 bits per heavy atom. The molecule has 0 fully saturated rings. The van der Waals surface area contributed by atoms with E-state index in [2.05, 4.69) is 59.3 Å². The first kappa shape index (κ1) is 12.8. The molecule has 1 unspecified atom stereocenters. The summed E-state index contributed by atoms with van der Waals surface area (Å²) in [4.78, 5) is 0. The minimum absolute atomic E-state index is 0.339. The van der Waals surface area contributed by atoms with E-state index >= 15 is 0 Å². The molecule has 0 aliphatic heterocycles. The van der Waals surface area contributed by atoms with Crippen molar-refractivity contribution in [1.82, 2.24) is 15.1 Å². The Labute approximate surface area is 109 Å². The quantitative estimate of drug-likeness (QED) is 0.873. The number of rotatable bonds is 5. The molecule has 96 valence electrons. The highest BCUT2D eigenvalue weighted by atomic mass is 15.3. The monoisotopic (exact) mass is 243 g/mol. The van der Waals surface area contributed by atoms with Crippen molar-refractivity contribution in [3.05, 3.63) is 42.1 Å². The molecule has 0 bridgehead atoms. The smallest absolute Gasteiger partial charge is 0.0685 e. The van der Waals surface area contributed by atoms with Gasteiger partial charge in [-0.1, -0.05) is 31.2 Å². The third-order valence-corrected chi connectivity index (χ3v) is 3.29. The summed E-state index contributed by atoms with van der Waals surface area (Å²) in [6.45, 7) is 5.32. The number of hydrogen-bond donors (Lipinski definition) is 1. The molecule has 1 heterocycles. The normalized spacial score (nSPS) is 12.6. The second-order valence-electron chi connectivity index (χ2n) is 4.54. The van der Waals surface area contributed by atoms with E-state index < -0.39 is 0 Å². The molecule has 2 aromatic rings. The van der Waals surface area contributed by atoms with Crippen molar-refractivity contribution >= 4 is 0 Å². The molecule has 18 heavy (non-hydrogen) atoms. The largest absolute Gasteiger partial charge is 0.313 e. The second kappa shape index (κ2) is 5.83. The predicted molar refractivity (Wildman–Crippen MR) is 75.4 cm³/mol. The van der Waals surface area contributed by atoms with Gasteiger partial charge in [-0.15, -0.1) is 0 Å². The van der Waals surface area contributed by atoms with Gasteiger partial charge in [-0.05, 0) is 32.0 Å². The van der Waals surface area contributed by atoms with E-state index in [0.717, 1.165) is 13.0 Å². The molecule has 0 aliphatic carbocycles. The molecule has 0 saturated carbocycles. The first-order chi connectivity index (χ1) is 8.77. The van der Waals surface area contributed by atoms with Crippen molar-refractivity contribution in [3.8, 4) is 11.3 Å². The van der Waals surface area contributed by atoms with Crippen LogP contribution in [0.15, 0.2) is 36.5 Å². The Morgan fingerprint density at radius 2 is 2.06 bits per heavy atom. The van der Waals surface area contributed by atoms with Gasteiger partial charge in [-0.25, -0.2) is 0 Å². The minimum Gasteiger partial charge on any atom is -0.313 e. The number of benzene rings is 1. The van der Waals surface area contributed by atoms with Crippen LogP contribution in [0.5, 0.6) is 0 Å². The van der Waals surface area contributed by atoms with E-state index in [1.54, 1.807) is 0 Å². The summed E-state index contributed by atoms with van der Waals surface area (Å²) >= 11 is 0. The molecule has 0 spiro atoms. The number of aromatic nitrogens is 2. The summed E-state index contributed by atoms with van der Waals surface area (Å²) in [5.74, 6) is 0. The van der Waals surface area contributed by atoms with Gasteiger partial charge >= 0.3 is 0 Å². The predicted octanol–water partition coefficient (Wildman–Crippen LogP) is 3.24. The van der Waals surface area contributed by atoms with Gasteiger partial charge in [0.2, 0.25) is 0 Å². The van der Waals surface area contributed by atoms with E-state index in [1.165, 1.54) is 16.8 Å². The van der Waals surface area contributed by atoms with E-state index in [0.29, 0.717) is 6.04 Å². The molecule has 3 nitrogen and oxygen atoms in total. The van der Waals surface area contributed by atoms with Crippen molar-refractivity contribution in [2.45, 2.75) is 32.9 Å². The highest BCUT2D eigenvalue weighted by molar-refractivity contribution is 5.64. The zero-order chi connectivity index (χ0) is 13.0. The molecule has 3 heteroatoms. The molecule has 0 radical (unpaired) electrons. The maximum atomic E-state index is 4.40. The summed E-state index contributed by atoms with van der Waals surface area (Å²) in [7, 11) is 1.99. The Bertz CT molecular complexity index is 502. The van der Waals surface area contributed by atoms with Crippen LogP contribution in [0.3, 0.4) is 0 Å². The van der Waals surface area contributed by atoms with E-state index in [9.17, 15) is 0 Å². The lowest BCUT2D eigenvalue weighted by molar-refractivity contribution is 0.606. The van der Waals surface area contributed by atoms with Crippen molar-refractivity contribution in [1.29, 1.82) is 0 Å². The average Bonchev–Trinajstić information content (AvgIpc) is 2.86. The van der Waals surface area contributed by atoms with Crippen LogP contribution < -0.4 is 5.32 Å². The second-order valence-corrected chi connectivity index (χ2v) is 4.54. The van der Waals surface area contributed by atoms with Crippen LogP contribution in [0.4, 0.5) is 0 Å². The topological polar surface area (TPSA) is 29.9 Å². The fourth-order valence-electron chi connectivity index (χ4n) is 2.21. The molecule has 1 atom stereocenters. The Morgan fingerprint density at radius 1 is 1.28 bits per heavy atom. The van der Waals surface area contributed by atoms with Gasteiger partial charge in [-0.2, -0.15) is 5.10 Å². The Hall–Kier alpha value is -1.61. The van der Waals surface area contributed by atoms with Crippen LogP contribution in [0.1, 0.15) is 31.9 Å². The van der Waals surface area contributed by atoms with Crippen LogP contribution in [-0.4, -0.2) is 16.8 Å². The molecular weight excluding hydrogens is 222 g/mol. The molecular formula is C15H21N3. The van der Waals surface area contributed by atoms with Crippen LogP contribution in [0.25, 0.3) is 11.3 Å². The zero-order valence-corrected chi connectivity index (χ0v) is 11.4. The summed E-state index contributed by atoms with van der Waals surface area (Å²) in [6.07, 6.45) is 2.98. The molecule has 1 N–H and O–H groups in total. The number of nitrogens with one attached hydrogen (secondary N) is 1. The summed E-state index contributed by atoms with van der Waals surface area (Å²) in [5, 5.41) is 7.71. The lowest BCUT2D eigenvalue weighted by atomic mass is 9.99. The SMILES string of the molecule is CCCn1nccc1-c1ccccc1C(C)NC. The average molecular weight is 243 g/mol. The van der Waals surface area contributed by atoms with Crippen LogP contribution in [0.2, 0.25) is 0 Å². The fourth-order valence-corrected chi connectivity index (χ4v) is 2.21. The van der Waals surface area contributed by atoms with Gasteiger partial charge < -0.3 is 5.32 Å². The molecule has 0 aliphatic rings. The molecule has 1 aromatic heterocycles. The van der Waals surface area contributed by atoms with E-state index in [4.69, 9.17) is 0 Å². The molecule has 0 saturated heterocycles. The third-order valence-electron chi connectivity index (χ3n) is 3.29. The molecule has 1 aromatic carbocycles. The van der Waals surface area contributed by atoms with Gasteiger partial charge in [0.25, 0.3) is 0 Å². The van der Waals surface area contributed by atoms with Crippen LogP contribution in [-0.2, 0) is 6.54 Å². The summed E-state index contributed by atoms with van der Waals surface area (Å²) in [6, 6.07) is 11.0. The van der Waals surface area contributed by atoms with Gasteiger partial charge in [0, 0.05) is 24.3 Å². The van der Waals surface area contributed by atoms with Crippen molar-refractivity contribution in [3.63, 3.8) is 0 Å². The maximum Gasteiger partial charge on any atom is 0.0685 e. The molecule has 0 amide bonds. The van der Waals surface area contributed by atoms with Crippen molar-refractivity contribution in [2.24, 2.45) is 0 Å². The highest BCUT2D eigenvalue weighted by Crippen LogP contribution is 2.27. The van der Waals surface area contributed by atoms with Gasteiger partial charge in [0.05, 0.1) is 5.69 Å². The first-order valence-electron chi connectivity index (χ1n) is 6.56. The van der Waals surface area contributed by atoms with E-state index in [1.807, 2.05) is 13.2 Å². The summed E-state index contributed by atoms with van der Waals surface area (Å²) < 4.78 is 2.08. The fraction of sp³-hybridized carbons (Fsp3) is 0.400. The lowest BCUT2D eigenvalue weighted by Gasteiger charge is -2.16. The van der Waals surface area contributed by atoms with Crippen molar-refractivity contribution in [2.75, 3.05) is 7.05 Å². The Balaban J connectivity index is 2.46. The Kier molecular flexibility index (Phi) is 4.15. The highest BCUT2D eigenvalue weighted by Gasteiger charge is 2.12. The van der Waals surface area contributed by atoms with Crippen LogP contribution in [0, 0.1) is 0 Å². The van der Waals surface area contributed by atoms with E-state index in [-0.39, 0.29) is 0 Å². The minimum atomic E-state index is 0.339. The van der Waals surface area contributed by atoms with Crippen LogP contribution >= 0.6 is 0 Å². The first-order valence-corrected chi connectivity index (χ1v) is 6.56.